The van der Waals surface area contributed by atoms with Crippen molar-refractivity contribution in [3.05, 3.63) is 0 Å². The summed E-state index contributed by atoms with van der Waals surface area (Å²) in [6.07, 6.45) is 10.1. The smallest absolute Gasteiger partial charge is 0.0181 e. The molecule has 0 bridgehead atoms. The van der Waals surface area contributed by atoms with Gasteiger partial charge in [-0.25, -0.2) is 0 Å². The highest BCUT2D eigenvalue weighted by molar-refractivity contribution is 5.85. The molecule has 1 aliphatic carbocycles. The number of hydrogen-bond donors (Lipinski definition) is 1. The van der Waals surface area contributed by atoms with Crippen molar-refractivity contribution in [2.45, 2.75) is 57.4 Å². The second-order valence-corrected chi connectivity index (χ2v) is 4.78. The minimum Gasteiger partial charge on any atom is -0.311 e. The number of piperidine rings is 1. The summed E-state index contributed by atoms with van der Waals surface area (Å²) in [4.78, 5) is 0. The molecule has 1 heterocycles. The van der Waals surface area contributed by atoms with E-state index in [1.165, 1.54) is 51.5 Å². The van der Waals surface area contributed by atoms with Crippen LogP contribution in [0.4, 0.5) is 0 Å². The van der Waals surface area contributed by atoms with Crippen molar-refractivity contribution >= 4 is 12.4 Å². The molecule has 0 spiro atoms. The summed E-state index contributed by atoms with van der Waals surface area (Å²) < 4.78 is 0. The maximum Gasteiger partial charge on any atom is 0.0181 e. The molecule has 2 rings (SSSR count). The molecule has 0 aromatic rings. The molecule has 1 saturated heterocycles. The molecule has 1 nitrogen and oxygen atoms in total. The molecular weight excluding hydrogens is 182 g/mol. The van der Waals surface area contributed by atoms with Crippen LogP contribution in [-0.2, 0) is 0 Å². The van der Waals surface area contributed by atoms with Gasteiger partial charge in [0.2, 0.25) is 0 Å². The first kappa shape index (κ1) is 11.3. The fraction of sp³-hybridized carbons (Fsp3) is 1.00. The monoisotopic (exact) mass is 203 g/mol. The largest absolute Gasteiger partial charge is 0.311 e. The van der Waals surface area contributed by atoms with Gasteiger partial charge in [-0.2, -0.15) is 0 Å². The average Bonchev–Trinajstić information content (AvgIpc) is 2.58. The number of nitrogens with one attached hydrogen (secondary N) is 1. The van der Waals surface area contributed by atoms with Crippen LogP contribution in [0.1, 0.15) is 51.9 Å². The zero-order chi connectivity index (χ0) is 8.44. The predicted octanol–water partition coefficient (Wildman–Crippen LogP) is 3.13. The van der Waals surface area contributed by atoms with Crippen LogP contribution in [0, 0.1) is 5.92 Å². The van der Waals surface area contributed by atoms with Gasteiger partial charge < -0.3 is 5.32 Å². The molecule has 0 radical (unpaired) electrons. The van der Waals surface area contributed by atoms with Crippen LogP contribution in [-0.4, -0.2) is 12.1 Å². The third kappa shape index (κ3) is 2.38. The van der Waals surface area contributed by atoms with E-state index < -0.39 is 0 Å². The van der Waals surface area contributed by atoms with Gasteiger partial charge in [0, 0.05) is 5.54 Å². The van der Waals surface area contributed by atoms with Crippen LogP contribution in [0.2, 0.25) is 0 Å². The molecule has 1 aliphatic heterocycles. The third-order valence-corrected chi connectivity index (χ3v) is 3.91. The first-order valence-corrected chi connectivity index (χ1v) is 5.56. The lowest BCUT2D eigenvalue weighted by Gasteiger charge is -2.40. The molecule has 2 aliphatic rings. The van der Waals surface area contributed by atoms with Crippen LogP contribution in [0.3, 0.4) is 0 Å². The Labute approximate surface area is 88.1 Å². The van der Waals surface area contributed by atoms with Crippen molar-refractivity contribution in [1.29, 1.82) is 0 Å². The molecule has 1 unspecified atom stereocenters. The molecule has 2 heteroatoms. The molecule has 13 heavy (non-hydrogen) atoms. The number of rotatable bonds is 1. The lowest BCUT2D eigenvalue weighted by atomic mass is 9.78. The Morgan fingerprint density at radius 2 is 1.77 bits per heavy atom. The van der Waals surface area contributed by atoms with Crippen molar-refractivity contribution < 1.29 is 0 Å². The Balaban J connectivity index is 0.000000845. The molecule has 0 amide bonds. The maximum atomic E-state index is 3.74. The Morgan fingerprint density at radius 3 is 2.31 bits per heavy atom. The Kier molecular flexibility index (Phi) is 4.06. The SMILES string of the molecule is CC1(C2CCCC2)CCCCN1.Cl. The number of hydrogen-bond acceptors (Lipinski definition) is 1. The zero-order valence-electron chi connectivity index (χ0n) is 8.64. The van der Waals surface area contributed by atoms with Crippen LogP contribution in [0.25, 0.3) is 0 Å². The summed E-state index contributed by atoms with van der Waals surface area (Å²) in [5.41, 5.74) is 0.509. The topological polar surface area (TPSA) is 12.0 Å². The Bertz CT molecular complexity index is 146. The molecule has 0 aromatic heterocycles. The van der Waals surface area contributed by atoms with E-state index in [4.69, 9.17) is 0 Å². The van der Waals surface area contributed by atoms with Crippen molar-refractivity contribution in [2.24, 2.45) is 5.92 Å². The minimum absolute atomic E-state index is 0. The summed E-state index contributed by atoms with van der Waals surface area (Å²) in [6, 6.07) is 0. The fourth-order valence-electron chi connectivity index (χ4n) is 2.99. The summed E-state index contributed by atoms with van der Waals surface area (Å²) >= 11 is 0. The summed E-state index contributed by atoms with van der Waals surface area (Å²) in [7, 11) is 0. The second kappa shape index (κ2) is 4.65. The van der Waals surface area contributed by atoms with E-state index in [2.05, 4.69) is 12.2 Å². The predicted molar refractivity (Wildman–Crippen MR) is 59.5 cm³/mol. The Hall–Kier alpha value is 0.250. The van der Waals surface area contributed by atoms with Gasteiger partial charge in [-0.1, -0.05) is 19.3 Å². The highest BCUT2D eigenvalue weighted by atomic mass is 35.5. The highest BCUT2D eigenvalue weighted by Crippen LogP contribution is 2.37. The van der Waals surface area contributed by atoms with Crippen molar-refractivity contribution in [3.63, 3.8) is 0 Å². The van der Waals surface area contributed by atoms with E-state index in [-0.39, 0.29) is 12.4 Å². The summed E-state index contributed by atoms with van der Waals surface area (Å²) in [6.45, 7) is 3.70. The van der Waals surface area contributed by atoms with E-state index in [1.807, 2.05) is 0 Å². The van der Waals surface area contributed by atoms with Crippen molar-refractivity contribution in [1.82, 2.24) is 5.32 Å². The van der Waals surface area contributed by atoms with Gasteiger partial charge in [0.15, 0.2) is 0 Å². The van der Waals surface area contributed by atoms with Gasteiger partial charge in [0.25, 0.3) is 0 Å². The van der Waals surface area contributed by atoms with E-state index >= 15 is 0 Å². The zero-order valence-corrected chi connectivity index (χ0v) is 9.46. The van der Waals surface area contributed by atoms with E-state index in [1.54, 1.807) is 0 Å². The first-order valence-electron chi connectivity index (χ1n) is 5.56. The van der Waals surface area contributed by atoms with Gasteiger partial charge in [0.05, 0.1) is 0 Å². The van der Waals surface area contributed by atoms with E-state index in [9.17, 15) is 0 Å². The standard InChI is InChI=1S/C11H21N.ClH/c1-11(8-4-5-9-12-11)10-6-2-3-7-10;/h10,12H,2-9H2,1H3;1H. The van der Waals surface area contributed by atoms with Gasteiger partial charge in [0.1, 0.15) is 0 Å². The van der Waals surface area contributed by atoms with Crippen LogP contribution >= 0.6 is 12.4 Å². The minimum atomic E-state index is 0. The molecule has 2 fully saturated rings. The van der Waals surface area contributed by atoms with Crippen molar-refractivity contribution in [2.75, 3.05) is 6.54 Å². The van der Waals surface area contributed by atoms with Gasteiger partial charge >= 0.3 is 0 Å². The fourth-order valence-corrected chi connectivity index (χ4v) is 2.99. The molecular formula is C11H22ClN. The first-order chi connectivity index (χ1) is 5.81. The Morgan fingerprint density at radius 1 is 1.08 bits per heavy atom. The molecule has 0 aromatic carbocycles. The van der Waals surface area contributed by atoms with Gasteiger partial charge in [-0.3, -0.25) is 0 Å². The highest BCUT2D eigenvalue weighted by Gasteiger charge is 2.36. The van der Waals surface area contributed by atoms with Gasteiger partial charge in [-0.15, -0.1) is 12.4 Å². The molecule has 1 N–H and O–H groups in total. The third-order valence-electron chi connectivity index (χ3n) is 3.91. The second-order valence-electron chi connectivity index (χ2n) is 4.78. The average molecular weight is 204 g/mol. The molecule has 78 valence electrons. The quantitative estimate of drug-likeness (QED) is 0.691. The lowest BCUT2D eigenvalue weighted by molar-refractivity contribution is 0.184. The van der Waals surface area contributed by atoms with E-state index in [0.29, 0.717) is 5.54 Å². The normalized spacial score (nSPS) is 35.8. The summed E-state index contributed by atoms with van der Waals surface area (Å²) in [5.74, 6) is 0.984. The van der Waals surface area contributed by atoms with E-state index in [0.717, 1.165) is 5.92 Å². The van der Waals surface area contributed by atoms with Crippen LogP contribution in [0.15, 0.2) is 0 Å². The van der Waals surface area contributed by atoms with Gasteiger partial charge in [-0.05, 0) is 45.1 Å². The number of halogens is 1. The summed E-state index contributed by atoms with van der Waals surface area (Å²) in [5, 5.41) is 3.74. The maximum absolute atomic E-state index is 3.74. The lowest BCUT2D eigenvalue weighted by Crippen LogP contribution is -2.50. The molecule has 1 saturated carbocycles. The van der Waals surface area contributed by atoms with Crippen molar-refractivity contribution in [3.8, 4) is 0 Å². The van der Waals surface area contributed by atoms with Crippen LogP contribution < -0.4 is 5.32 Å². The molecule has 1 atom stereocenters. The van der Waals surface area contributed by atoms with Crippen LogP contribution in [0.5, 0.6) is 0 Å².